The number of carboxylic acids is 1. The molecule has 0 aromatic rings. The topological polar surface area (TPSA) is 37.3 Å². The van der Waals surface area contributed by atoms with Gasteiger partial charge in [-0.05, 0) is 6.42 Å². The molecule has 0 aromatic carbocycles. The van der Waals surface area contributed by atoms with Crippen LogP contribution < -0.4 is 0 Å². The molecule has 3 heteroatoms. The fourth-order valence-corrected chi connectivity index (χ4v) is 1.33. The average Bonchev–Trinajstić information content (AvgIpc) is 2.03. The molecule has 0 aliphatic carbocycles. The van der Waals surface area contributed by atoms with Gasteiger partial charge in [-0.1, -0.05) is 33.1 Å². The molecule has 0 heterocycles. The monoisotopic (exact) mass is 190 g/mol. The molecule has 72 valence electrons. The van der Waals surface area contributed by atoms with Crippen molar-refractivity contribution in [1.82, 2.24) is 0 Å². The van der Waals surface area contributed by atoms with Gasteiger partial charge in [0.05, 0.1) is 5.92 Å². The fraction of sp³-hybridized carbons (Fsp3) is 0.889. The summed E-state index contributed by atoms with van der Waals surface area (Å²) in [6.07, 6.45) is 4.33. The SMILES string of the molecule is CCCCCC(S)C(C)C(=O)O. The number of rotatable bonds is 6. The minimum atomic E-state index is -0.744. The lowest BCUT2D eigenvalue weighted by atomic mass is 10.0. The molecule has 0 aliphatic heterocycles. The molecule has 2 unspecified atom stereocenters. The van der Waals surface area contributed by atoms with E-state index in [-0.39, 0.29) is 11.2 Å². The second-order valence-electron chi connectivity index (χ2n) is 3.19. The summed E-state index contributed by atoms with van der Waals surface area (Å²) in [6.45, 7) is 3.85. The molecule has 0 saturated carbocycles. The van der Waals surface area contributed by atoms with E-state index in [1.165, 1.54) is 12.8 Å². The first-order chi connectivity index (χ1) is 5.59. The highest BCUT2D eigenvalue weighted by molar-refractivity contribution is 7.81. The normalized spacial score (nSPS) is 15.6. The van der Waals surface area contributed by atoms with Gasteiger partial charge >= 0.3 is 5.97 Å². The van der Waals surface area contributed by atoms with Crippen molar-refractivity contribution in [2.24, 2.45) is 5.92 Å². The molecule has 0 fully saturated rings. The van der Waals surface area contributed by atoms with E-state index in [0.29, 0.717) is 0 Å². The Morgan fingerprint density at radius 2 is 2.08 bits per heavy atom. The summed E-state index contributed by atoms with van der Waals surface area (Å²) in [4.78, 5) is 10.5. The van der Waals surface area contributed by atoms with Crippen molar-refractivity contribution < 1.29 is 9.90 Å². The van der Waals surface area contributed by atoms with Crippen molar-refractivity contribution in [1.29, 1.82) is 0 Å². The molecule has 0 radical (unpaired) electrons. The van der Waals surface area contributed by atoms with Gasteiger partial charge in [0, 0.05) is 5.25 Å². The van der Waals surface area contributed by atoms with Crippen LogP contribution in [0.3, 0.4) is 0 Å². The lowest BCUT2D eigenvalue weighted by molar-refractivity contribution is -0.141. The van der Waals surface area contributed by atoms with Crippen LogP contribution >= 0.6 is 12.6 Å². The van der Waals surface area contributed by atoms with E-state index in [1.54, 1.807) is 6.92 Å². The van der Waals surface area contributed by atoms with Gasteiger partial charge in [-0.3, -0.25) is 4.79 Å². The summed E-state index contributed by atoms with van der Waals surface area (Å²) in [6, 6.07) is 0. The average molecular weight is 190 g/mol. The molecule has 0 amide bonds. The van der Waals surface area contributed by atoms with E-state index in [2.05, 4.69) is 19.6 Å². The predicted octanol–water partition coefficient (Wildman–Crippen LogP) is 2.59. The maximum atomic E-state index is 10.5. The van der Waals surface area contributed by atoms with Crippen LogP contribution in [0.5, 0.6) is 0 Å². The van der Waals surface area contributed by atoms with E-state index in [0.717, 1.165) is 12.8 Å². The molecule has 0 aromatic heterocycles. The molecule has 1 N–H and O–H groups in total. The third-order valence-electron chi connectivity index (χ3n) is 2.07. The molecule has 0 saturated heterocycles. The molecule has 12 heavy (non-hydrogen) atoms. The van der Waals surface area contributed by atoms with Crippen LogP contribution in [0.4, 0.5) is 0 Å². The van der Waals surface area contributed by atoms with E-state index >= 15 is 0 Å². The van der Waals surface area contributed by atoms with Crippen LogP contribution in [0.25, 0.3) is 0 Å². The van der Waals surface area contributed by atoms with E-state index < -0.39 is 5.97 Å². The second-order valence-corrected chi connectivity index (χ2v) is 3.85. The lowest BCUT2D eigenvalue weighted by Gasteiger charge is -2.14. The third-order valence-corrected chi connectivity index (χ3v) is 2.78. The van der Waals surface area contributed by atoms with Crippen LogP contribution in [0.15, 0.2) is 0 Å². The molecule has 0 aliphatic rings. The number of carbonyl (C=O) groups is 1. The summed E-state index contributed by atoms with van der Waals surface area (Å²) in [5.41, 5.74) is 0. The van der Waals surface area contributed by atoms with E-state index in [1.807, 2.05) is 0 Å². The quantitative estimate of drug-likeness (QED) is 0.499. The smallest absolute Gasteiger partial charge is 0.307 e. The number of aliphatic carboxylic acids is 1. The summed E-state index contributed by atoms with van der Waals surface area (Å²) in [5.74, 6) is -1.07. The summed E-state index contributed by atoms with van der Waals surface area (Å²) >= 11 is 4.26. The Balaban J connectivity index is 3.56. The van der Waals surface area contributed by atoms with Gasteiger partial charge in [0.2, 0.25) is 0 Å². The Kier molecular flexibility index (Phi) is 6.25. The minimum Gasteiger partial charge on any atom is -0.481 e. The van der Waals surface area contributed by atoms with Crippen LogP contribution in [0.2, 0.25) is 0 Å². The Morgan fingerprint density at radius 1 is 1.50 bits per heavy atom. The van der Waals surface area contributed by atoms with Crippen molar-refractivity contribution in [2.75, 3.05) is 0 Å². The summed E-state index contributed by atoms with van der Waals surface area (Å²) in [7, 11) is 0. The van der Waals surface area contributed by atoms with Crippen LogP contribution in [0, 0.1) is 5.92 Å². The molecular formula is C9H18O2S. The fourth-order valence-electron chi connectivity index (χ4n) is 1.02. The second kappa shape index (κ2) is 6.35. The number of carboxylic acid groups (broad SMARTS) is 1. The molecule has 2 nitrogen and oxygen atoms in total. The van der Waals surface area contributed by atoms with Crippen LogP contribution in [-0.2, 0) is 4.79 Å². The van der Waals surface area contributed by atoms with Crippen molar-refractivity contribution >= 4 is 18.6 Å². The van der Waals surface area contributed by atoms with Gasteiger partial charge in [0.15, 0.2) is 0 Å². The Morgan fingerprint density at radius 3 is 2.50 bits per heavy atom. The van der Waals surface area contributed by atoms with Crippen molar-refractivity contribution in [2.45, 2.75) is 44.8 Å². The number of hydrogen-bond acceptors (Lipinski definition) is 2. The van der Waals surface area contributed by atoms with E-state index in [9.17, 15) is 4.79 Å². The highest BCUT2D eigenvalue weighted by atomic mass is 32.1. The highest BCUT2D eigenvalue weighted by Crippen LogP contribution is 2.17. The van der Waals surface area contributed by atoms with Gasteiger partial charge in [-0.2, -0.15) is 12.6 Å². The van der Waals surface area contributed by atoms with Gasteiger partial charge in [-0.25, -0.2) is 0 Å². The zero-order valence-electron chi connectivity index (χ0n) is 7.79. The maximum absolute atomic E-state index is 10.5. The summed E-state index contributed by atoms with van der Waals surface area (Å²) < 4.78 is 0. The first-order valence-electron chi connectivity index (χ1n) is 4.50. The van der Waals surface area contributed by atoms with Crippen LogP contribution in [0.1, 0.15) is 39.5 Å². The number of hydrogen-bond donors (Lipinski definition) is 2. The van der Waals surface area contributed by atoms with E-state index in [4.69, 9.17) is 5.11 Å². The van der Waals surface area contributed by atoms with Crippen LogP contribution in [-0.4, -0.2) is 16.3 Å². The first-order valence-corrected chi connectivity index (χ1v) is 5.02. The zero-order valence-corrected chi connectivity index (χ0v) is 8.68. The lowest BCUT2D eigenvalue weighted by Crippen LogP contribution is -2.20. The molecule has 0 bridgehead atoms. The Labute approximate surface area is 79.8 Å². The largest absolute Gasteiger partial charge is 0.481 e. The molecule has 0 spiro atoms. The van der Waals surface area contributed by atoms with Crippen molar-refractivity contribution in [3.05, 3.63) is 0 Å². The predicted molar refractivity (Wildman–Crippen MR) is 53.7 cm³/mol. The molecular weight excluding hydrogens is 172 g/mol. The van der Waals surface area contributed by atoms with Gasteiger partial charge in [0.1, 0.15) is 0 Å². The van der Waals surface area contributed by atoms with Gasteiger partial charge in [0.25, 0.3) is 0 Å². The number of thiol groups is 1. The first kappa shape index (κ1) is 11.8. The zero-order chi connectivity index (χ0) is 9.56. The van der Waals surface area contributed by atoms with Crippen molar-refractivity contribution in [3.63, 3.8) is 0 Å². The third kappa shape index (κ3) is 4.65. The molecule has 0 rings (SSSR count). The van der Waals surface area contributed by atoms with Crippen molar-refractivity contribution in [3.8, 4) is 0 Å². The maximum Gasteiger partial charge on any atom is 0.307 e. The van der Waals surface area contributed by atoms with Gasteiger partial charge < -0.3 is 5.11 Å². The standard InChI is InChI=1S/C9H18O2S/c1-3-4-5-6-8(12)7(2)9(10)11/h7-8,12H,3-6H2,1-2H3,(H,10,11). The van der Waals surface area contributed by atoms with Gasteiger partial charge in [-0.15, -0.1) is 0 Å². The summed E-state index contributed by atoms with van der Waals surface area (Å²) in [5, 5.41) is 8.67. The minimum absolute atomic E-state index is 0.00838. The molecule has 2 atom stereocenters. The Hall–Kier alpha value is -0.180. The Bertz CT molecular complexity index is 136. The highest BCUT2D eigenvalue weighted by Gasteiger charge is 2.19. The number of unbranched alkanes of at least 4 members (excludes halogenated alkanes) is 2.